The number of thiophene rings is 2. The van der Waals surface area contributed by atoms with Crippen LogP contribution in [0.2, 0.25) is 0 Å². The number of amides is 1. The van der Waals surface area contributed by atoms with Crippen molar-refractivity contribution >= 4 is 61.4 Å². The summed E-state index contributed by atoms with van der Waals surface area (Å²) in [4.78, 5) is 27.0. The van der Waals surface area contributed by atoms with Crippen LogP contribution in [0.5, 0.6) is 0 Å². The molecule has 3 heterocycles. The molecule has 0 bridgehead atoms. The lowest BCUT2D eigenvalue weighted by atomic mass is 9.88. The molecule has 0 radical (unpaired) electrons. The van der Waals surface area contributed by atoms with Crippen molar-refractivity contribution in [2.24, 2.45) is 5.92 Å². The highest BCUT2D eigenvalue weighted by Gasteiger charge is 2.29. The smallest absolute Gasteiger partial charge is 0.341 e. The number of hydrogen-bond acceptors (Lipinski definition) is 8. The van der Waals surface area contributed by atoms with Crippen molar-refractivity contribution in [2.45, 2.75) is 58.2 Å². The van der Waals surface area contributed by atoms with Crippen LogP contribution in [0.15, 0.2) is 34.8 Å². The first-order valence-electron chi connectivity index (χ1n) is 12.6. The first-order valence-corrected chi connectivity index (χ1v) is 15.3. The van der Waals surface area contributed by atoms with E-state index < -0.39 is 0 Å². The first kappa shape index (κ1) is 25.9. The highest BCUT2D eigenvalue weighted by molar-refractivity contribution is 7.99. The third-order valence-electron chi connectivity index (χ3n) is 6.46. The van der Waals surface area contributed by atoms with Gasteiger partial charge in [-0.25, -0.2) is 4.79 Å². The number of hydrogen-bond donors (Lipinski definition) is 1. The molecule has 1 aliphatic rings. The summed E-state index contributed by atoms with van der Waals surface area (Å²) < 4.78 is 8.64. The van der Waals surface area contributed by atoms with Crippen molar-refractivity contribution in [1.29, 1.82) is 0 Å². The molecule has 5 rings (SSSR count). The van der Waals surface area contributed by atoms with E-state index in [-0.39, 0.29) is 17.6 Å². The van der Waals surface area contributed by atoms with Crippen molar-refractivity contribution < 1.29 is 14.3 Å². The van der Waals surface area contributed by atoms with Gasteiger partial charge in [0.1, 0.15) is 5.00 Å². The molecule has 7 nitrogen and oxygen atoms in total. The topological polar surface area (TPSA) is 86.1 Å². The van der Waals surface area contributed by atoms with Gasteiger partial charge in [0, 0.05) is 32.5 Å². The number of aromatic nitrogens is 3. The molecule has 1 amide bonds. The maximum Gasteiger partial charge on any atom is 0.341 e. The molecule has 0 fully saturated rings. The first-order chi connectivity index (χ1) is 18.0. The van der Waals surface area contributed by atoms with Gasteiger partial charge in [0.25, 0.3) is 0 Å². The van der Waals surface area contributed by atoms with Crippen molar-refractivity contribution in [3.8, 4) is 11.4 Å². The number of carbonyl (C=O) groups excluding carboxylic acids is 2. The number of ether oxygens (including phenoxy) is 1. The van der Waals surface area contributed by atoms with Crippen molar-refractivity contribution in [3.05, 3.63) is 45.6 Å². The fraction of sp³-hybridized carbons (Fsp3) is 0.407. The van der Waals surface area contributed by atoms with Crippen LogP contribution in [-0.4, -0.2) is 39.0 Å². The summed E-state index contributed by atoms with van der Waals surface area (Å²) in [5.41, 5.74) is 2.64. The largest absolute Gasteiger partial charge is 0.462 e. The SMILES string of the molecule is CCCn1c(SCC(=O)Nc2sc3c(c2C(=O)OCC)CCC(C)C3)nnc1-c1csc2ccccc12. The van der Waals surface area contributed by atoms with Crippen molar-refractivity contribution in [1.82, 2.24) is 14.8 Å². The Balaban J connectivity index is 1.34. The Bertz CT molecular complexity index is 1440. The average Bonchev–Trinajstić information content (AvgIpc) is 3.57. The van der Waals surface area contributed by atoms with Gasteiger partial charge in [-0.15, -0.1) is 32.9 Å². The van der Waals surface area contributed by atoms with Gasteiger partial charge in [0.15, 0.2) is 11.0 Å². The number of esters is 1. The summed E-state index contributed by atoms with van der Waals surface area (Å²) in [6.45, 7) is 7.21. The average molecular weight is 555 g/mol. The van der Waals surface area contributed by atoms with Crippen LogP contribution in [0.4, 0.5) is 5.00 Å². The predicted molar refractivity (Wildman–Crippen MR) is 152 cm³/mol. The summed E-state index contributed by atoms with van der Waals surface area (Å²) in [7, 11) is 0. The Kier molecular flexibility index (Phi) is 7.97. The van der Waals surface area contributed by atoms with Crippen LogP contribution in [0.3, 0.4) is 0 Å². The number of benzene rings is 1. The van der Waals surface area contributed by atoms with E-state index in [1.165, 1.54) is 32.7 Å². The zero-order chi connectivity index (χ0) is 25.9. The molecule has 4 aromatic rings. The zero-order valence-electron chi connectivity index (χ0n) is 21.2. The second-order valence-electron chi connectivity index (χ2n) is 9.22. The second-order valence-corrected chi connectivity index (χ2v) is 12.2. The van der Waals surface area contributed by atoms with Crippen LogP contribution < -0.4 is 5.32 Å². The van der Waals surface area contributed by atoms with E-state index >= 15 is 0 Å². The highest BCUT2D eigenvalue weighted by Crippen LogP contribution is 2.40. The van der Waals surface area contributed by atoms with Gasteiger partial charge in [-0.2, -0.15) is 0 Å². The van der Waals surface area contributed by atoms with E-state index in [1.54, 1.807) is 18.3 Å². The quantitative estimate of drug-likeness (QED) is 0.184. The molecule has 1 aliphatic carbocycles. The standard InChI is InChI=1S/C27H30N4O3S3/c1-4-12-31-24(19-14-35-20-9-7-6-8-17(19)20)29-30-27(31)36-15-22(32)28-25-23(26(33)34-5-2)18-11-10-16(3)13-21(18)37-25/h6-9,14,16H,4-5,10-13,15H2,1-3H3,(H,28,32). The van der Waals surface area contributed by atoms with Gasteiger partial charge >= 0.3 is 5.97 Å². The number of thioether (sulfide) groups is 1. The number of carbonyl (C=O) groups is 2. The van der Waals surface area contributed by atoms with E-state index in [4.69, 9.17) is 4.74 Å². The molecular weight excluding hydrogens is 525 g/mol. The minimum Gasteiger partial charge on any atom is -0.462 e. The minimum atomic E-state index is -0.354. The molecule has 0 aliphatic heterocycles. The van der Waals surface area contributed by atoms with Gasteiger partial charge in [-0.1, -0.05) is 43.8 Å². The number of rotatable bonds is 9. The maximum atomic E-state index is 13.0. The van der Waals surface area contributed by atoms with E-state index in [9.17, 15) is 9.59 Å². The molecule has 1 atom stereocenters. The normalized spacial score (nSPS) is 15.1. The summed E-state index contributed by atoms with van der Waals surface area (Å²) in [5.74, 6) is 1.04. The molecule has 0 spiro atoms. The van der Waals surface area contributed by atoms with Crippen LogP contribution in [0.1, 0.15) is 54.4 Å². The maximum absolute atomic E-state index is 13.0. The lowest BCUT2D eigenvalue weighted by molar-refractivity contribution is -0.113. The van der Waals surface area contributed by atoms with E-state index in [2.05, 4.69) is 51.4 Å². The molecule has 0 saturated heterocycles. The van der Waals surface area contributed by atoms with Crippen LogP contribution in [-0.2, 0) is 28.9 Å². The Labute approximate surface area is 228 Å². The Morgan fingerprint density at radius 2 is 2.08 bits per heavy atom. The molecule has 37 heavy (non-hydrogen) atoms. The Hall–Kier alpha value is -2.69. The van der Waals surface area contributed by atoms with Crippen LogP contribution in [0, 0.1) is 5.92 Å². The molecule has 0 saturated carbocycles. The van der Waals surface area contributed by atoms with E-state index in [0.717, 1.165) is 54.6 Å². The fourth-order valence-electron chi connectivity index (χ4n) is 4.72. The number of anilines is 1. The monoisotopic (exact) mass is 554 g/mol. The van der Waals surface area contributed by atoms with E-state index in [0.29, 0.717) is 28.2 Å². The number of fused-ring (bicyclic) bond motifs is 2. The number of nitrogens with one attached hydrogen (secondary N) is 1. The summed E-state index contributed by atoms with van der Waals surface area (Å²) in [6.07, 6.45) is 3.73. The molecular formula is C27H30N4O3S3. The molecule has 194 valence electrons. The van der Waals surface area contributed by atoms with Crippen LogP contribution >= 0.6 is 34.4 Å². The summed E-state index contributed by atoms with van der Waals surface area (Å²) in [5, 5.41) is 16.5. The minimum absolute atomic E-state index is 0.171. The summed E-state index contributed by atoms with van der Waals surface area (Å²) in [6, 6.07) is 8.29. The molecule has 1 aromatic carbocycles. The van der Waals surface area contributed by atoms with Gasteiger partial charge in [-0.05, 0) is 50.2 Å². The van der Waals surface area contributed by atoms with Crippen molar-refractivity contribution in [3.63, 3.8) is 0 Å². The fourth-order valence-corrected chi connectivity index (χ4v) is 7.84. The molecule has 1 unspecified atom stereocenters. The van der Waals surface area contributed by atoms with E-state index in [1.807, 2.05) is 12.1 Å². The lowest BCUT2D eigenvalue weighted by Gasteiger charge is -2.18. The van der Waals surface area contributed by atoms with Gasteiger partial charge < -0.3 is 14.6 Å². The lowest BCUT2D eigenvalue weighted by Crippen LogP contribution is -2.18. The van der Waals surface area contributed by atoms with Gasteiger partial charge in [0.2, 0.25) is 5.91 Å². The predicted octanol–water partition coefficient (Wildman–Crippen LogP) is 6.66. The summed E-state index contributed by atoms with van der Waals surface area (Å²) >= 11 is 4.57. The van der Waals surface area contributed by atoms with Gasteiger partial charge in [0.05, 0.1) is 17.9 Å². The molecule has 3 aromatic heterocycles. The highest BCUT2D eigenvalue weighted by atomic mass is 32.2. The second kappa shape index (κ2) is 11.4. The molecule has 10 heteroatoms. The Morgan fingerprint density at radius 3 is 2.89 bits per heavy atom. The van der Waals surface area contributed by atoms with Crippen molar-refractivity contribution in [2.75, 3.05) is 17.7 Å². The third-order valence-corrected chi connectivity index (χ3v) is 9.56. The molecule has 1 N–H and O–H groups in total. The third kappa shape index (κ3) is 5.32. The van der Waals surface area contributed by atoms with Gasteiger partial charge in [-0.3, -0.25) is 4.79 Å². The Morgan fingerprint density at radius 1 is 1.24 bits per heavy atom. The zero-order valence-corrected chi connectivity index (χ0v) is 23.7. The number of nitrogens with zero attached hydrogens (tertiary/aromatic N) is 3. The van der Waals surface area contributed by atoms with Crippen LogP contribution in [0.25, 0.3) is 21.5 Å².